The summed E-state index contributed by atoms with van der Waals surface area (Å²) in [6.07, 6.45) is 2.05. The van der Waals surface area contributed by atoms with E-state index in [2.05, 4.69) is 25.8 Å². The van der Waals surface area contributed by atoms with E-state index in [0.29, 0.717) is 18.4 Å². The van der Waals surface area contributed by atoms with E-state index >= 15 is 0 Å². The van der Waals surface area contributed by atoms with Crippen LogP contribution in [0.1, 0.15) is 40.5 Å². The lowest BCUT2D eigenvalue weighted by atomic mass is 10.2. The van der Waals surface area contributed by atoms with E-state index in [9.17, 15) is 0 Å². The van der Waals surface area contributed by atoms with Crippen LogP contribution in [0.4, 0.5) is 0 Å². The lowest BCUT2D eigenvalue weighted by Crippen LogP contribution is -2.32. The summed E-state index contributed by atoms with van der Waals surface area (Å²) in [7, 11) is 0. The van der Waals surface area contributed by atoms with Crippen LogP contribution in [0.5, 0.6) is 0 Å². The third-order valence-corrected chi connectivity index (χ3v) is 1.89. The molecule has 0 bridgehead atoms. The summed E-state index contributed by atoms with van der Waals surface area (Å²) in [6, 6.07) is 0. The van der Waals surface area contributed by atoms with Crippen molar-refractivity contribution >= 4 is 5.84 Å². The molecule has 1 unspecified atom stereocenters. The topological polar surface area (TPSA) is 47.6 Å². The summed E-state index contributed by atoms with van der Waals surface area (Å²) in [5, 5.41) is 0. The predicted molar refractivity (Wildman–Crippen MR) is 61.6 cm³/mol. The number of rotatable bonds is 7. The number of nitrogens with zero attached hydrogens (tertiary/aromatic N) is 1. The summed E-state index contributed by atoms with van der Waals surface area (Å²) >= 11 is 0. The van der Waals surface area contributed by atoms with Crippen molar-refractivity contribution < 1.29 is 4.74 Å². The molecule has 0 amide bonds. The van der Waals surface area contributed by atoms with Gasteiger partial charge in [-0.05, 0) is 19.3 Å². The lowest BCUT2D eigenvalue weighted by molar-refractivity contribution is 0.102. The van der Waals surface area contributed by atoms with Crippen LogP contribution < -0.4 is 5.73 Å². The van der Waals surface area contributed by atoms with Crippen molar-refractivity contribution in [1.29, 1.82) is 0 Å². The Bertz CT molecular complexity index is 161. The molecule has 3 nitrogen and oxygen atoms in total. The molecular formula is C11H24N2O. The van der Waals surface area contributed by atoms with E-state index in [4.69, 9.17) is 10.5 Å². The summed E-state index contributed by atoms with van der Waals surface area (Å²) in [4.78, 5) is 4.33. The van der Waals surface area contributed by atoms with Crippen LogP contribution in [0.3, 0.4) is 0 Å². The fourth-order valence-electron chi connectivity index (χ4n) is 1.17. The van der Waals surface area contributed by atoms with Gasteiger partial charge >= 0.3 is 0 Å². The van der Waals surface area contributed by atoms with E-state index < -0.39 is 0 Å². The first-order valence-corrected chi connectivity index (χ1v) is 5.53. The zero-order chi connectivity index (χ0) is 11.0. The van der Waals surface area contributed by atoms with Crippen LogP contribution in [0, 0.1) is 5.92 Å². The lowest BCUT2D eigenvalue weighted by Gasteiger charge is -2.15. The van der Waals surface area contributed by atoms with Gasteiger partial charge in [0.25, 0.3) is 0 Å². The second-order valence-corrected chi connectivity index (χ2v) is 3.89. The molecule has 0 aliphatic carbocycles. The predicted octanol–water partition coefficient (Wildman–Crippen LogP) is 2.20. The number of hydrogen-bond donors (Lipinski definition) is 1. The molecule has 14 heavy (non-hydrogen) atoms. The number of amidine groups is 1. The maximum Gasteiger partial charge on any atom is 0.123 e. The molecule has 0 fully saturated rings. The molecule has 1 atom stereocenters. The van der Waals surface area contributed by atoms with Crippen LogP contribution in [0.25, 0.3) is 0 Å². The molecule has 0 spiro atoms. The SMILES string of the molecule is CCCC(OCC)C(N)=NCC(C)C. The highest BCUT2D eigenvalue weighted by molar-refractivity contribution is 5.84. The van der Waals surface area contributed by atoms with E-state index in [1.54, 1.807) is 0 Å². The van der Waals surface area contributed by atoms with Gasteiger partial charge in [-0.1, -0.05) is 27.2 Å². The molecular weight excluding hydrogens is 176 g/mol. The molecule has 3 heteroatoms. The molecule has 0 heterocycles. The van der Waals surface area contributed by atoms with Crippen molar-refractivity contribution in [3.05, 3.63) is 0 Å². The standard InChI is InChI=1S/C11H24N2O/c1-5-7-10(14-6-2)11(12)13-8-9(3)4/h9-10H,5-8H2,1-4H3,(H2,12,13). The number of nitrogens with two attached hydrogens (primary N) is 1. The van der Waals surface area contributed by atoms with Gasteiger partial charge in [-0.25, -0.2) is 0 Å². The van der Waals surface area contributed by atoms with Crippen LogP contribution >= 0.6 is 0 Å². The van der Waals surface area contributed by atoms with Crippen molar-refractivity contribution in [1.82, 2.24) is 0 Å². The van der Waals surface area contributed by atoms with E-state index in [1.165, 1.54) is 0 Å². The van der Waals surface area contributed by atoms with E-state index in [0.717, 1.165) is 19.4 Å². The van der Waals surface area contributed by atoms with Gasteiger partial charge in [0.05, 0.1) is 0 Å². The van der Waals surface area contributed by atoms with Gasteiger partial charge in [-0.2, -0.15) is 0 Å². The van der Waals surface area contributed by atoms with Gasteiger partial charge in [-0.3, -0.25) is 4.99 Å². The second-order valence-electron chi connectivity index (χ2n) is 3.89. The van der Waals surface area contributed by atoms with Crippen molar-refractivity contribution in [2.24, 2.45) is 16.6 Å². The fraction of sp³-hybridized carbons (Fsp3) is 0.909. The van der Waals surface area contributed by atoms with Gasteiger partial charge in [0.2, 0.25) is 0 Å². The highest BCUT2D eigenvalue weighted by atomic mass is 16.5. The van der Waals surface area contributed by atoms with Gasteiger partial charge in [0.1, 0.15) is 11.9 Å². The molecule has 0 aromatic rings. The molecule has 0 saturated heterocycles. The summed E-state index contributed by atoms with van der Waals surface area (Å²) in [5.41, 5.74) is 5.86. The minimum absolute atomic E-state index is 0.0174. The Kier molecular flexibility index (Phi) is 7.48. The van der Waals surface area contributed by atoms with Gasteiger partial charge in [0, 0.05) is 13.2 Å². The van der Waals surface area contributed by atoms with Crippen molar-refractivity contribution in [2.75, 3.05) is 13.2 Å². The van der Waals surface area contributed by atoms with Crippen molar-refractivity contribution in [3.63, 3.8) is 0 Å². The van der Waals surface area contributed by atoms with Gasteiger partial charge in [0.15, 0.2) is 0 Å². The quantitative estimate of drug-likeness (QED) is 0.506. The Morgan fingerprint density at radius 1 is 1.36 bits per heavy atom. The molecule has 2 N–H and O–H groups in total. The average Bonchev–Trinajstić information content (AvgIpc) is 2.14. The molecule has 0 aromatic heterocycles. The van der Waals surface area contributed by atoms with Crippen molar-refractivity contribution in [2.45, 2.75) is 46.6 Å². The largest absolute Gasteiger partial charge is 0.385 e. The molecule has 0 aromatic carbocycles. The van der Waals surface area contributed by atoms with Crippen LogP contribution in [-0.4, -0.2) is 25.1 Å². The monoisotopic (exact) mass is 200 g/mol. The number of aliphatic imine (C=N–C) groups is 1. The Hall–Kier alpha value is -0.570. The molecule has 0 radical (unpaired) electrons. The summed E-state index contributed by atoms with van der Waals surface area (Å²) < 4.78 is 5.52. The Labute approximate surface area is 87.7 Å². The highest BCUT2D eigenvalue weighted by Crippen LogP contribution is 2.03. The maximum atomic E-state index is 5.86. The summed E-state index contributed by atoms with van der Waals surface area (Å²) in [6.45, 7) is 9.86. The average molecular weight is 200 g/mol. The smallest absolute Gasteiger partial charge is 0.123 e. The molecule has 0 aliphatic heterocycles. The minimum atomic E-state index is 0.0174. The normalized spacial score (nSPS) is 14.8. The first kappa shape index (κ1) is 13.4. The second kappa shape index (κ2) is 7.80. The Morgan fingerprint density at radius 2 is 2.00 bits per heavy atom. The number of hydrogen-bond acceptors (Lipinski definition) is 2. The molecule has 0 rings (SSSR count). The zero-order valence-corrected chi connectivity index (χ0v) is 9.92. The Balaban J connectivity index is 4.11. The Morgan fingerprint density at radius 3 is 2.43 bits per heavy atom. The van der Waals surface area contributed by atoms with Gasteiger partial charge < -0.3 is 10.5 Å². The third kappa shape index (κ3) is 5.97. The zero-order valence-electron chi connectivity index (χ0n) is 9.92. The van der Waals surface area contributed by atoms with E-state index in [-0.39, 0.29) is 6.10 Å². The highest BCUT2D eigenvalue weighted by Gasteiger charge is 2.11. The maximum absolute atomic E-state index is 5.86. The number of ether oxygens (including phenoxy) is 1. The first-order chi connectivity index (χ1) is 6.61. The third-order valence-electron chi connectivity index (χ3n) is 1.89. The van der Waals surface area contributed by atoms with Gasteiger partial charge in [-0.15, -0.1) is 0 Å². The van der Waals surface area contributed by atoms with E-state index in [1.807, 2.05) is 6.92 Å². The molecule has 0 saturated carbocycles. The summed E-state index contributed by atoms with van der Waals surface area (Å²) in [5.74, 6) is 1.21. The van der Waals surface area contributed by atoms with Crippen LogP contribution in [0.2, 0.25) is 0 Å². The fourth-order valence-corrected chi connectivity index (χ4v) is 1.17. The van der Waals surface area contributed by atoms with Crippen LogP contribution in [-0.2, 0) is 4.74 Å². The minimum Gasteiger partial charge on any atom is -0.385 e. The molecule has 0 aliphatic rings. The first-order valence-electron chi connectivity index (χ1n) is 5.53. The van der Waals surface area contributed by atoms with Crippen molar-refractivity contribution in [3.8, 4) is 0 Å². The molecule has 84 valence electrons. The van der Waals surface area contributed by atoms with Crippen LogP contribution in [0.15, 0.2) is 4.99 Å².